The molecule has 0 saturated heterocycles. The Morgan fingerprint density at radius 1 is 1.24 bits per heavy atom. The first kappa shape index (κ1) is 15.5. The van der Waals surface area contributed by atoms with E-state index < -0.39 is 5.97 Å². The van der Waals surface area contributed by atoms with E-state index in [4.69, 9.17) is 4.74 Å². The van der Waals surface area contributed by atoms with Gasteiger partial charge in [-0.1, -0.05) is 25.0 Å². The van der Waals surface area contributed by atoms with Crippen LogP contribution in [-0.4, -0.2) is 31.1 Å². The molecule has 0 heterocycles. The van der Waals surface area contributed by atoms with Crippen LogP contribution in [0.3, 0.4) is 0 Å². The van der Waals surface area contributed by atoms with Gasteiger partial charge in [-0.15, -0.1) is 0 Å². The summed E-state index contributed by atoms with van der Waals surface area (Å²) in [5.74, 6) is -0.559. The highest BCUT2D eigenvalue weighted by Gasteiger charge is 2.17. The zero-order chi connectivity index (χ0) is 15.1. The van der Waals surface area contributed by atoms with Crippen LogP contribution in [0.2, 0.25) is 0 Å². The van der Waals surface area contributed by atoms with Gasteiger partial charge in [0.2, 0.25) is 5.91 Å². The monoisotopic (exact) mass is 290 g/mol. The Balaban J connectivity index is 1.91. The van der Waals surface area contributed by atoms with Crippen LogP contribution in [-0.2, 0) is 9.53 Å². The maximum Gasteiger partial charge on any atom is 0.340 e. The number of anilines is 1. The first-order valence-corrected chi connectivity index (χ1v) is 7.50. The molecular formula is C16H22N2O3. The van der Waals surface area contributed by atoms with Crippen LogP contribution < -0.4 is 10.6 Å². The number of amides is 1. The van der Waals surface area contributed by atoms with Gasteiger partial charge < -0.3 is 15.4 Å². The molecule has 0 atom stereocenters. The Morgan fingerprint density at radius 2 is 1.95 bits per heavy atom. The first-order chi connectivity index (χ1) is 10.2. The van der Waals surface area contributed by atoms with Gasteiger partial charge in [-0.05, 0) is 31.9 Å². The van der Waals surface area contributed by atoms with Crippen molar-refractivity contribution < 1.29 is 14.3 Å². The summed E-state index contributed by atoms with van der Waals surface area (Å²) in [6.07, 6.45) is 4.72. The molecule has 2 rings (SSSR count). The van der Waals surface area contributed by atoms with Gasteiger partial charge in [-0.3, -0.25) is 4.79 Å². The molecule has 1 aliphatic rings. The molecule has 1 aliphatic carbocycles. The van der Waals surface area contributed by atoms with E-state index in [9.17, 15) is 9.59 Å². The van der Waals surface area contributed by atoms with Gasteiger partial charge in [0.1, 0.15) is 0 Å². The molecule has 5 heteroatoms. The van der Waals surface area contributed by atoms with E-state index in [1.807, 2.05) is 0 Å². The van der Waals surface area contributed by atoms with Crippen molar-refractivity contribution in [3.05, 3.63) is 29.8 Å². The van der Waals surface area contributed by atoms with Crippen LogP contribution in [0.5, 0.6) is 0 Å². The lowest BCUT2D eigenvalue weighted by atomic mass is 10.2. The molecule has 2 N–H and O–H groups in total. The third-order valence-electron chi connectivity index (χ3n) is 3.60. The lowest BCUT2D eigenvalue weighted by Gasteiger charge is -2.13. The second-order valence-corrected chi connectivity index (χ2v) is 5.18. The maximum atomic E-state index is 12.0. The predicted octanol–water partition coefficient (Wildman–Crippen LogP) is 2.33. The molecule has 0 radical (unpaired) electrons. The third kappa shape index (κ3) is 4.56. The molecule has 1 amide bonds. The molecule has 0 spiro atoms. The summed E-state index contributed by atoms with van der Waals surface area (Å²) in [7, 11) is 0. The van der Waals surface area contributed by atoms with Gasteiger partial charge in [0, 0.05) is 6.04 Å². The average molecular weight is 290 g/mol. The number of rotatable bonds is 6. The summed E-state index contributed by atoms with van der Waals surface area (Å²) in [5, 5.41) is 6.02. The number of carbonyl (C=O) groups excluding carboxylic acids is 2. The number of hydrogen-bond acceptors (Lipinski definition) is 4. The van der Waals surface area contributed by atoms with Crippen LogP contribution >= 0.6 is 0 Å². The maximum absolute atomic E-state index is 12.0. The van der Waals surface area contributed by atoms with Crippen LogP contribution in [0, 0.1) is 0 Å². The second kappa shape index (κ2) is 7.78. The minimum atomic E-state index is -0.419. The van der Waals surface area contributed by atoms with Crippen molar-refractivity contribution in [2.45, 2.75) is 38.6 Å². The quantitative estimate of drug-likeness (QED) is 0.789. The van der Waals surface area contributed by atoms with Gasteiger partial charge in [0.05, 0.1) is 24.4 Å². The Morgan fingerprint density at radius 3 is 2.67 bits per heavy atom. The van der Waals surface area contributed by atoms with Crippen molar-refractivity contribution in [1.29, 1.82) is 0 Å². The van der Waals surface area contributed by atoms with Crippen LogP contribution in [0.25, 0.3) is 0 Å². The molecule has 0 unspecified atom stereocenters. The summed E-state index contributed by atoms with van der Waals surface area (Å²) in [6, 6.07) is 7.33. The molecule has 21 heavy (non-hydrogen) atoms. The van der Waals surface area contributed by atoms with Gasteiger partial charge in [-0.25, -0.2) is 4.79 Å². The van der Waals surface area contributed by atoms with E-state index in [0.29, 0.717) is 23.9 Å². The van der Waals surface area contributed by atoms with Gasteiger partial charge in [-0.2, -0.15) is 0 Å². The fourth-order valence-electron chi connectivity index (χ4n) is 2.54. The van der Waals surface area contributed by atoms with Crippen molar-refractivity contribution in [3.63, 3.8) is 0 Å². The van der Waals surface area contributed by atoms with Crippen molar-refractivity contribution >= 4 is 17.6 Å². The topological polar surface area (TPSA) is 67.4 Å². The van der Waals surface area contributed by atoms with Crippen LogP contribution in [0.4, 0.5) is 5.69 Å². The highest BCUT2D eigenvalue weighted by atomic mass is 16.5. The van der Waals surface area contributed by atoms with Gasteiger partial charge in [0.25, 0.3) is 0 Å². The third-order valence-corrected chi connectivity index (χ3v) is 3.60. The smallest absolute Gasteiger partial charge is 0.340 e. The Bertz CT molecular complexity index is 496. The van der Waals surface area contributed by atoms with E-state index in [2.05, 4.69) is 10.6 Å². The summed E-state index contributed by atoms with van der Waals surface area (Å²) < 4.78 is 4.99. The summed E-state index contributed by atoms with van der Waals surface area (Å²) in [6.45, 7) is 2.33. The standard InChI is InChI=1S/C16H22N2O3/c1-2-21-16(20)13-9-5-6-10-14(13)18-15(19)11-17-12-7-3-4-8-12/h5-6,9-10,12,17H,2-4,7-8,11H2,1H3,(H,18,19). The minimum absolute atomic E-state index is 0.140. The highest BCUT2D eigenvalue weighted by Crippen LogP contribution is 2.18. The minimum Gasteiger partial charge on any atom is -0.462 e. The predicted molar refractivity (Wildman–Crippen MR) is 81.3 cm³/mol. The zero-order valence-corrected chi connectivity index (χ0v) is 12.4. The number of benzene rings is 1. The van der Waals surface area contributed by atoms with Crippen molar-refractivity contribution in [1.82, 2.24) is 5.32 Å². The Kier molecular flexibility index (Phi) is 5.75. The van der Waals surface area contributed by atoms with Crippen LogP contribution in [0.15, 0.2) is 24.3 Å². The number of carbonyl (C=O) groups is 2. The number of para-hydroxylation sites is 1. The molecule has 1 aromatic carbocycles. The second-order valence-electron chi connectivity index (χ2n) is 5.18. The highest BCUT2D eigenvalue weighted by molar-refractivity contribution is 6.01. The van der Waals surface area contributed by atoms with E-state index in [0.717, 1.165) is 12.8 Å². The van der Waals surface area contributed by atoms with E-state index >= 15 is 0 Å². The molecule has 1 saturated carbocycles. The number of nitrogens with one attached hydrogen (secondary N) is 2. The van der Waals surface area contributed by atoms with Gasteiger partial charge in [0.15, 0.2) is 0 Å². The fraction of sp³-hybridized carbons (Fsp3) is 0.500. The van der Waals surface area contributed by atoms with Crippen molar-refractivity contribution in [3.8, 4) is 0 Å². The van der Waals surface area contributed by atoms with Crippen molar-refractivity contribution in [2.75, 3.05) is 18.5 Å². The lowest BCUT2D eigenvalue weighted by Crippen LogP contribution is -2.34. The average Bonchev–Trinajstić information content (AvgIpc) is 2.99. The normalized spacial score (nSPS) is 14.9. The zero-order valence-electron chi connectivity index (χ0n) is 12.4. The Labute approximate surface area is 125 Å². The number of esters is 1. The number of hydrogen-bond donors (Lipinski definition) is 2. The van der Waals surface area contributed by atoms with E-state index in [-0.39, 0.29) is 12.5 Å². The van der Waals surface area contributed by atoms with Crippen LogP contribution in [0.1, 0.15) is 43.0 Å². The fourth-order valence-corrected chi connectivity index (χ4v) is 2.54. The summed E-state index contributed by atoms with van der Waals surface area (Å²) in [4.78, 5) is 23.8. The Hall–Kier alpha value is -1.88. The molecule has 0 bridgehead atoms. The largest absolute Gasteiger partial charge is 0.462 e. The molecule has 114 valence electrons. The summed E-state index contributed by atoms with van der Waals surface area (Å²) >= 11 is 0. The molecular weight excluding hydrogens is 268 g/mol. The molecule has 0 aromatic heterocycles. The number of ether oxygens (including phenoxy) is 1. The molecule has 0 aliphatic heterocycles. The first-order valence-electron chi connectivity index (χ1n) is 7.50. The van der Waals surface area contributed by atoms with E-state index in [1.165, 1.54) is 12.8 Å². The van der Waals surface area contributed by atoms with Gasteiger partial charge >= 0.3 is 5.97 Å². The summed E-state index contributed by atoms with van der Waals surface area (Å²) in [5.41, 5.74) is 0.878. The van der Waals surface area contributed by atoms with E-state index in [1.54, 1.807) is 31.2 Å². The van der Waals surface area contributed by atoms with Crippen molar-refractivity contribution in [2.24, 2.45) is 0 Å². The lowest BCUT2D eigenvalue weighted by molar-refractivity contribution is -0.115. The molecule has 1 aromatic rings. The molecule has 1 fully saturated rings. The SMILES string of the molecule is CCOC(=O)c1ccccc1NC(=O)CNC1CCCC1. The molecule has 5 nitrogen and oxygen atoms in total.